The molecule has 134 valence electrons. The van der Waals surface area contributed by atoms with Crippen molar-refractivity contribution in [1.82, 2.24) is 10.4 Å². The van der Waals surface area contributed by atoms with Crippen molar-refractivity contribution in [2.24, 2.45) is 5.10 Å². The Balaban J connectivity index is 1.70. The van der Waals surface area contributed by atoms with E-state index >= 15 is 0 Å². The van der Waals surface area contributed by atoms with E-state index < -0.39 is 0 Å². The maximum absolute atomic E-state index is 12.3. The molecule has 0 spiro atoms. The maximum atomic E-state index is 12.3. The third kappa shape index (κ3) is 4.29. The molecule has 0 saturated heterocycles. The molecule has 26 heavy (non-hydrogen) atoms. The highest BCUT2D eigenvalue weighted by Crippen LogP contribution is 2.26. The number of aromatic amines is 1. The molecule has 3 rings (SSSR count). The molecule has 1 heterocycles. The van der Waals surface area contributed by atoms with Crippen molar-refractivity contribution in [3.05, 3.63) is 64.3 Å². The highest BCUT2D eigenvalue weighted by Gasteiger charge is 2.09. The molecule has 0 unspecified atom stereocenters. The fourth-order valence-electron chi connectivity index (χ4n) is 2.83. The number of carbonyl (C=O) groups excluding carboxylic acids is 1. The number of hydrogen-bond acceptors (Lipinski definition) is 3. The summed E-state index contributed by atoms with van der Waals surface area (Å²) in [6.45, 7) is 4.07. The van der Waals surface area contributed by atoms with Gasteiger partial charge in [-0.1, -0.05) is 36.7 Å². The third-order valence-electron chi connectivity index (χ3n) is 4.00. The third-order valence-corrected chi connectivity index (χ3v) is 5.23. The first-order valence-corrected chi connectivity index (χ1v) is 9.75. The van der Waals surface area contributed by atoms with Gasteiger partial charge in [0, 0.05) is 32.1 Å². The normalized spacial score (nSPS) is 11.3. The number of nitrogens with zero attached hydrogens (tertiary/aromatic N) is 1. The number of amides is 1. The Kier molecular flexibility index (Phi) is 6.01. The van der Waals surface area contributed by atoms with Crippen molar-refractivity contribution in [2.75, 3.05) is 5.75 Å². The number of hydrazone groups is 1. The lowest BCUT2D eigenvalue weighted by Crippen LogP contribution is -2.20. The number of nitrogens with one attached hydrogen (secondary N) is 2. The van der Waals surface area contributed by atoms with Crippen LogP contribution in [0.1, 0.15) is 23.7 Å². The fraction of sp³-hybridized carbons (Fsp3) is 0.200. The molecule has 2 aromatic carbocycles. The number of carbonyl (C=O) groups is 1. The number of rotatable bonds is 6. The highest BCUT2D eigenvalue weighted by atomic mass is 35.5. The molecule has 1 aromatic heterocycles. The van der Waals surface area contributed by atoms with Crippen LogP contribution >= 0.6 is 23.4 Å². The Morgan fingerprint density at radius 3 is 2.92 bits per heavy atom. The standard InChI is InChI=1S/C20H20ClN3OS/c1-3-26-19-9-8-15(21)10-14(19)11-20(25)24-22-12-17-13(2)23-18-7-5-4-6-16(17)18/h4-10,12,23H,3,11H2,1-2H3,(H,24,25)/b22-12-. The van der Waals surface area contributed by atoms with E-state index in [9.17, 15) is 4.79 Å². The van der Waals surface area contributed by atoms with Crippen LogP contribution in [0.5, 0.6) is 0 Å². The Morgan fingerprint density at radius 1 is 1.31 bits per heavy atom. The second-order valence-corrected chi connectivity index (χ2v) is 7.61. The van der Waals surface area contributed by atoms with E-state index in [1.807, 2.05) is 49.4 Å². The minimum absolute atomic E-state index is 0.168. The molecule has 6 heteroatoms. The van der Waals surface area contributed by atoms with Gasteiger partial charge in [0.1, 0.15) is 0 Å². The van der Waals surface area contributed by atoms with E-state index in [0.717, 1.165) is 38.4 Å². The number of para-hydroxylation sites is 1. The zero-order valence-electron chi connectivity index (χ0n) is 14.7. The van der Waals surface area contributed by atoms with E-state index in [1.54, 1.807) is 18.0 Å². The summed E-state index contributed by atoms with van der Waals surface area (Å²) in [4.78, 5) is 16.7. The van der Waals surface area contributed by atoms with Gasteiger partial charge in [0.25, 0.3) is 0 Å². The molecule has 0 aliphatic rings. The first-order valence-electron chi connectivity index (χ1n) is 8.39. The molecule has 0 aliphatic carbocycles. The first kappa shape index (κ1) is 18.5. The summed E-state index contributed by atoms with van der Waals surface area (Å²) in [6.07, 6.45) is 1.93. The number of aromatic nitrogens is 1. The van der Waals surface area contributed by atoms with Gasteiger partial charge < -0.3 is 4.98 Å². The zero-order chi connectivity index (χ0) is 18.5. The van der Waals surface area contributed by atoms with Gasteiger partial charge in [-0.2, -0.15) is 5.10 Å². The predicted octanol–water partition coefficient (Wildman–Crippen LogP) is 4.93. The molecular formula is C20H20ClN3OS. The van der Waals surface area contributed by atoms with Crippen molar-refractivity contribution < 1.29 is 4.79 Å². The molecule has 1 amide bonds. The summed E-state index contributed by atoms with van der Waals surface area (Å²) >= 11 is 7.77. The lowest BCUT2D eigenvalue weighted by molar-refractivity contribution is -0.120. The van der Waals surface area contributed by atoms with E-state index in [0.29, 0.717) is 5.02 Å². The number of halogens is 1. The van der Waals surface area contributed by atoms with Gasteiger partial charge in [0.05, 0.1) is 12.6 Å². The van der Waals surface area contributed by atoms with E-state index in [-0.39, 0.29) is 12.3 Å². The molecular weight excluding hydrogens is 366 g/mol. The van der Waals surface area contributed by atoms with Crippen LogP contribution in [0.2, 0.25) is 5.02 Å². The van der Waals surface area contributed by atoms with E-state index in [4.69, 9.17) is 11.6 Å². The lowest BCUT2D eigenvalue weighted by Gasteiger charge is -2.08. The molecule has 0 bridgehead atoms. The van der Waals surface area contributed by atoms with Gasteiger partial charge in [-0.3, -0.25) is 4.79 Å². The summed E-state index contributed by atoms with van der Waals surface area (Å²) in [5, 5.41) is 5.85. The number of fused-ring (bicyclic) bond motifs is 1. The number of H-pyrrole nitrogens is 1. The van der Waals surface area contributed by atoms with Crippen molar-refractivity contribution in [3.8, 4) is 0 Å². The largest absolute Gasteiger partial charge is 0.358 e. The van der Waals surface area contributed by atoms with Crippen molar-refractivity contribution in [1.29, 1.82) is 0 Å². The molecule has 0 fully saturated rings. The van der Waals surface area contributed by atoms with Gasteiger partial charge in [-0.15, -0.1) is 11.8 Å². The quantitative estimate of drug-likeness (QED) is 0.359. The Morgan fingerprint density at radius 2 is 2.12 bits per heavy atom. The maximum Gasteiger partial charge on any atom is 0.244 e. The van der Waals surface area contributed by atoms with Crippen molar-refractivity contribution in [2.45, 2.75) is 25.2 Å². The van der Waals surface area contributed by atoms with Crippen LogP contribution in [0.3, 0.4) is 0 Å². The summed E-state index contributed by atoms with van der Waals surface area (Å²) < 4.78 is 0. The van der Waals surface area contributed by atoms with Crippen LogP contribution in [-0.2, 0) is 11.2 Å². The molecule has 0 radical (unpaired) electrons. The second-order valence-electron chi connectivity index (χ2n) is 5.86. The number of thioether (sulfide) groups is 1. The lowest BCUT2D eigenvalue weighted by atomic mass is 10.1. The monoisotopic (exact) mass is 385 g/mol. The van der Waals surface area contributed by atoms with Gasteiger partial charge in [-0.05, 0) is 42.5 Å². The van der Waals surface area contributed by atoms with Crippen LogP contribution in [0.25, 0.3) is 10.9 Å². The summed E-state index contributed by atoms with van der Waals surface area (Å²) in [5.74, 6) is 0.771. The van der Waals surface area contributed by atoms with Gasteiger partial charge >= 0.3 is 0 Å². The first-order chi connectivity index (χ1) is 12.6. The molecule has 3 aromatic rings. The minimum Gasteiger partial charge on any atom is -0.358 e. The van der Waals surface area contributed by atoms with Crippen LogP contribution < -0.4 is 5.43 Å². The number of aryl methyl sites for hydroxylation is 1. The highest BCUT2D eigenvalue weighted by molar-refractivity contribution is 7.99. The van der Waals surface area contributed by atoms with Crippen LogP contribution in [0.15, 0.2) is 52.5 Å². The van der Waals surface area contributed by atoms with Crippen molar-refractivity contribution >= 4 is 46.4 Å². The van der Waals surface area contributed by atoms with E-state index in [2.05, 4.69) is 22.4 Å². The Labute approximate surface area is 162 Å². The number of benzene rings is 2. The molecule has 0 aliphatic heterocycles. The molecule has 4 nitrogen and oxygen atoms in total. The van der Waals surface area contributed by atoms with Crippen LogP contribution in [0, 0.1) is 6.92 Å². The second kappa shape index (κ2) is 8.43. The molecule has 0 saturated carbocycles. The summed E-state index contributed by atoms with van der Waals surface area (Å²) in [7, 11) is 0. The van der Waals surface area contributed by atoms with Gasteiger partial charge in [0.2, 0.25) is 5.91 Å². The Bertz CT molecular complexity index is 965. The van der Waals surface area contributed by atoms with Crippen LogP contribution in [0.4, 0.5) is 0 Å². The Hall–Kier alpha value is -2.24. The predicted molar refractivity (Wildman–Crippen MR) is 110 cm³/mol. The smallest absolute Gasteiger partial charge is 0.244 e. The topological polar surface area (TPSA) is 57.2 Å². The average Bonchev–Trinajstić information content (AvgIpc) is 2.93. The SMILES string of the molecule is CCSc1ccc(Cl)cc1CC(=O)N/N=C\c1c(C)[nH]c2ccccc12. The zero-order valence-corrected chi connectivity index (χ0v) is 16.2. The van der Waals surface area contributed by atoms with E-state index in [1.165, 1.54) is 0 Å². The molecule has 0 atom stereocenters. The minimum atomic E-state index is -0.168. The fourth-order valence-corrected chi connectivity index (χ4v) is 3.81. The van der Waals surface area contributed by atoms with Crippen molar-refractivity contribution in [3.63, 3.8) is 0 Å². The van der Waals surface area contributed by atoms with Gasteiger partial charge in [-0.25, -0.2) is 5.43 Å². The number of hydrogen-bond donors (Lipinski definition) is 2. The average molecular weight is 386 g/mol. The summed E-state index contributed by atoms with van der Waals surface area (Å²) in [6, 6.07) is 13.7. The van der Waals surface area contributed by atoms with Crippen LogP contribution in [-0.4, -0.2) is 22.9 Å². The summed E-state index contributed by atoms with van der Waals surface area (Å²) in [5.41, 5.74) is 6.58. The van der Waals surface area contributed by atoms with Gasteiger partial charge in [0.15, 0.2) is 0 Å². The molecule has 2 N–H and O–H groups in total.